The number of fused-ring (bicyclic) bond motifs is 2. The Morgan fingerprint density at radius 3 is 2.52 bits per heavy atom. The average molecular weight is 312 g/mol. The third kappa shape index (κ3) is 2.50. The molecule has 0 spiro atoms. The lowest BCUT2D eigenvalue weighted by atomic mass is 9.78. The smallest absolute Gasteiger partial charge is 0.307 e. The van der Waals surface area contributed by atoms with Crippen LogP contribution in [-0.2, 0) is 9.59 Å². The van der Waals surface area contributed by atoms with Crippen molar-refractivity contribution in [1.29, 1.82) is 0 Å². The number of hydrogen-bond acceptors (Lipinski definition) is 2. The summed E-state index contributed by atoms with van der Waals surface area (Å²) in [6.45, 7) is 0. The van der Waals surface area contributed by atoms with E-state index < -0.39 is 29.5 Å². The minimum atomic E-state index is -0.932. The van der Waals surface area contributed by atoms with E-state index in [1.165, 1.54) is 12.1 Å². The largest absolute Gasteiger partial charge is 0.481 e. The molecule has 0 heterocycles. The van der Waals surface area contributed by atoms with E-state index >= 15 is 0 Å². The van der Waals surface area contributed by atoms with Crippen molar-refractivity contribution >= 4 is 29.2 Å². The van der Waals surface area contributed by atoms with Gasteiger partial charge in [0.25, 0.3) is 0 Å². The number of carboxylic acid groups (broad SMARTS) is 1. The second-order valence-corrected chi connectivity index (χ2v) is 6.27. The van der Waals surface area contributed by atoms with Crippen LogP contribution in [0.5, 0.6) is 0 Å². The molecule has 1 aromatic carbocycles. The first-order valence-corrected chi connectivity index (χ1v) is 7.34. The molecular formula is C15H15ClFNO3. The van der Waals surface area contributed by atoms with Gasteiger partial charge in [0.15, 0.2) is 0 Å². The number of rotatable bonds is 3. The van der Waals surface area contributed by atoms with Gasteiger partial charge in [-0.1, -0.05) is 11.6 Å². The first-order chi connectivity index (χ1) is 9.97. The molecule has 1 amide bonds. The second kappa shape index (κ2) is 5.30. The Balaban J connectivity index is 1.80. The molecule has 2 bridgehead atoms. The maximum absolute atomic E-state index is 13.7. The average Bonchev–Trinajstić information content (AvgIpc) is 3.02. The molecule has 0 radical (unpaired) electrons. The molecule has 0 aliphatic heterocycles. The van der Waals surface area contributed by atoms with E-state index in [-0.39, 0.29) is 22.5 Å². The number of carboxylic acids is 1. The number of carbonyl (C=O) groups is 2. The lowest BCUT2D eigenvalue weighted by Crippen LogP contribution is -2.38. The van der Waals surface area contributed by atoms with Gasteiger partial charge in [-0.15, -0.1) is 0 Å². The van der Waals surface area contributed by atoms with Crippen LogP contribution < -0.4 is 5.32 Å². The summed E-state index contributed by atoms with van der Waals surface area (Å²) in [6.07, 6.45) is 2.51. The second-order valence-electron chi connectivity index (χ2n) is 5.84. The zero-order valence-electron chi connectivity index (χ0n) is 11.2. The highest BCUT2D eigenvalue weighted by Crippen LogP contribution is 2.52. The highest BCUT2D eigenvalue weighted by Gasteiger charge is 2.54. The molecule has 2 N–H and O–H groups in total. The van der Waals surface area contributed by atoms with Gasteiger partial charge in [0.1, 0.15) is 5.82 Å². The van der Waals surface area contributed by atoms with Gasteiger partial charge in [0.2, 0.25) is 5.91 Å². The van der Waals surface area contributed by atoms with E-state index in [4.69, 9.17) is 11.6 Å². The molecule has 2 saturated carbocycles. The number of benzene rings is 1. The van der Waals surface area contributed by atoms with Crippen LogP contribution >= 0.6 is 11.6 Å². The summed E-state index contributed by atoms with van der Waals surface area (Å²) in [4.78, 5) is 23.8. The number of anilines is 1. The molecule has 0 unspecified atom stereocenters. The maximum atomic E-state index is 13.7. The number of nitrogens with one attached hydrogen (secondary N) is 1. The van der Waals surface area contributed by atoms with E-state index in [2.05, 4.69) is 5.32 Å². The number of aliphatic carboxylic acids is 1. The molecule has 0 aromatic heterocycles. The third-order valence-electron chi connectivity index (χ3n) is 4.69. The molecular weight excluding hydrogens is 297 g/mol. The molecule has 1 aromatic rings. The zero-order valence-corrected chi connectivity index (χ0v) is 11.9. The van der Waals surface area contributed by atoms with Crippen LogP contribution in [0.1, 0.15) is 19.3 Å². The molecule has 4 nitrogen and oxygen atoms in total. The SMILES string of the molecule is O=C(O)[C@@H]1[C@H]2CC[C@@H](C2)[C@@H]1C(=O)Nc1ccc(Cl)cc1F. The molecule has 2 fully saturated rings. The fourth-order valence-corrected chi connectivity index (χ4v) is 3.99. The first-order valence-electron chi connectivity index (χ1n) is 6.96. The number of carbonyl (C=O) groups excluding carboxylic acids is 1. The van der Waals surface area contributed by atoms with Gasteiger partial charge in [0.05, 0.1) is 17.5 Å². The van der Waals surface area contributed by atoms with Crippen molar-refractivity contribution in [2.24, 2.45) is 23.7 Å². The van der Waals surface area contributed by atoms with E-state index in [1.54, 1.807) is 0 Å². The van der Waals surface area contributed by atoms with Crippen LogP contribution in [0.3, 0.4) is 0 Å². The Kier molecular flexibility index (Phi) is 3.61. The number of amides is 1. The van der Waals surface area contributed by atoms with Crippen molar-refractivity contribution < 1.29 is 19.1 Å². The van der Waals surface area contributed by atoms with E-state index in [0.29, 0.717) is 0 Å². The Morgan fingerprint density at radius 2 is 1.90 bits per heavy atom. The Labute approximate surface area is 126 Å². The van der Waals surface area contributed by atoms with Crippen molar-refractivity contribution in [3.63, 3.8) is 0 Å². The quantitative estimate of drug-likeness (QED) is 0.901. The van der Waals surface area contributed by atoms with Crippen molar-refractivity contribution in [1.82, 2.24) is 0 Å². The lowest BCUT2D eigenvalue weighted by molar-refractivity contribution is -0.148. The van der Waals surface area contributed by atoms with Gasteiger partial charge in [-0.25, -0.2) is 4.39 Å². The normalized spacial score (nSPS) is 30.4. The van der Waals surface area contributed by atoms with Gasteiger partial charge in [0, 0.05) is 5.02 Å². The van der Waals surface area contributed by atoms with Crippen molar-refractivity contribution in [2.45, 2.75) is 19.3 Å². The van der Waals surface area contributed by atoms with Crippen molar-refractivity contribution in [3.8, 4) is 0 Å². The van der Waals surface area contributed by atoms with Crippen LogP contribution in [0, 0.1) is 29.5 Å². The molecule has 6 heteroatoms. The van der Waals surface area contributed by atoms with Gasteiger partial charge >= 0.3 is 5.97 Å². The monoisotopic (exact) mass is 311 g/mol. The fourth-order valence-electron chi connectivity index (χ4n) is 3.83. The summed E-state index contributed by atoms with van der Waals surface area (Å²) in [6, 6.07) is 3.99. The molecule has 0 saturated heterocycles. The number of hydrogen-bond donors (Lipinski definition) is 2. The van der Waals surface area contributed by atoms with Crippen LogP contribution in [-0.4, -0.2) is 17.0 Å². The molecule has 2 aliphatic carbocycles. The molecule has 21 heavy (non-hydrogen) atoms. The van der Waals surface area contributed by atoms with Crippen LogP contribution in [0.15, 0.2) is 18.2 Å². The van der Waals surface area contributed by atoms with Gasteiger partial charge in [-0.2, -0.15) is 0 Å². The summed E-state index contributed by atoms with van der Waals surface area (Å²) in [7, 11) is 0. The topological polar surface area (TPSA) is 66.4 Å². The van der Waals surface area contributed by atoms with Crippen molar-refractivity contribution in [2.75, 3.05) is 5.32 Å². The molecule has 4 atom stereocenters. The van der Waals surface area contributed by atoms with E-state index in [1.807, 2.05) is 0 Å². The molecule has 112 valence electrons. The van der Waals surface area contributed by atoms with Crippen molar-refractivity contribution in [3.05, 3.63) is 29.0 Å². The van der Waals surface area contributed by atoms with Crippen LogP contribution in [0.4, 0.5) is 10.1 Å². The first kappa shape index (κ1) is 14.3. The summed E-state index contributed by atoms with van der Waals surface area (Å²) in [5.41, 5.74) is 0.0383. The highest BCUT2D eigenvalue weighted by molar-refractivity contribution is 6.30. The minimum absolute atomic E-state index is 0.0383. The maximum Gasteiger partial charge on any atom is 0.307 e. The van der Waals surface area contributed by atoms with E-state index in [0.717, 1.165) is 25.3 Å². The zero-order chi connectivity index (χ0) is 15.1. The van der Waals surface area contributed by atoms with E-state index in [9.17, 15) is 19.1 Å². The fraction of sp³-hybridized carbons (Fsp3) is 0.467. The van der Waals surface area contributed by atoms with Gasteiger partial charge < -0.3 is 10.4 Å². The Hall–Kier alpha value is -1.62. The summed E-state index contributed by atoms with van der Waals surface area (Å²) in [5.74, 6) is -3.03. The standard InChI is InChI=1S/C15H15ClFNO3/c16-9-3-4-11(10(17)6-9)18-14(19)12-7-1-2-8(5-7)13(12)15(20)21/h3-4,6-8,12-13H,1-2,5H2,(H,18,19)(H,20,21)/t7-,8-,12-,13+/m0/s1. The van der Waals surface area contributed by atoms with Gasteiger partial charge in [-0.3, -0.25) is 9.59 Å². The van der Waals surface area contributed by atoms with Crippen LogP contribution in [0.25, 0.3) is 0 Å². The number of halogens is 2. The highest BCUT2D eigenvalue weighted by atomic mass is 35.5. The summed E-state index contributed by atoms with van der Waals surface area (Å²) < 4.78 is 13.7. The molecule has 2 aliphatic rings. The Morgan fingerprint density at radius 1 is 1.24 bits per heavy atom. The van der Waals surface area contributed by atoms with Gasteiger partial charge in [-0.05, 0) is 49.3 Å². The predicted molar refractivity (Wildman–Crippen MR) is 75.5 cm³/mol. The van der Waals surface area contributed by atoms with Crippen LogP contribution in [0.2, 0.25) is 5.02 Å². The molecule has 3 rings (SSSR count). The Bertz CT molecular complexity index is 607. The summed E-state index contributed by atoms with van der Waals surface area (Å²) >= 11 is 5.67. The third-order valence-corrected chi connectivity index (χ3v) is 4.93. The summed E-state index contributed by atoms with van der Waals surface area (Å²) in [5, 5.41) is 12.1. The minimum Gasteiger partial charge on any atom is -0.481 e. The lowest BCUT2D eigenvalue weighted by Gasteiger charge is -2.27. The predicted octanol–water partition coefficient (Wildman–Crippen LogP) is 3.16.